The van der Waals surface area contributed by atoms with E-state index in [1.165, 1.54) is 101 Å². The quantitative estimate of drug-likeness (QED) is 0.0479. The highest BCUT2D eigenvalue weighted by atomic mass is 79.9. The number of unbranched alkanes of at least 4 members (excludes halogenated alkanes) is 14. The van der Waals surface area contributed by atoms with Gasteiger partial charge in [-0.2, -0.15) is 0 Å². The topological polar surface area (TPSA) is 61.9 Å². The molecule has 66 heavy (non-hydrogen) atoms. The maximum absolute atomic E-state index is 6.01. The van der Waals surface area contributed by atoms with E-state index in [2.05, 4.69) is 122 Å². The minimum atomic E-state index is 0. The zero-order valence-electron chi connectivity index (χ0n) is 39.0. The molecule has 368 valence electrons. The smallest absolute Gasteiger partial charge is 0.133 e. The summed E-state index contributed by atoms with van der Waals surface area (Å²) in [5.74, 6) is 3.64. The third-order valence-electron chi connectivity index (χ3n) is 11.8. The van der Waals surface area contributed by atoms with Crippen molar-refractivity contribution in [3.63, 3.8) is 0 Å². The summed E-state index contributed by atoms with van der Waals surface area (Å²) >= 11 is 7.35. The lowest BCUT2D eigenvalue weighted by atomic mass is 10.1. The first-order valence-electron chi connectivity index (χ1n) is 24.4. The molecule has 0 unspecified atom stereocenters. The van der Waals surface area contributed by atoms with E-state index in [4.69, 9.17) is 28.4 Å². The van der Waals surface area contributed by atoms with Crippen LogP contribution in [0.5, 0.6) is 23.0 Å². The minimum absolute atomic E-state index is 0. The zero-order valence-corrected chi connectivity index (χ0v) is 42.2. The predicted molar refractivity (Wildman–Crippen MR) is 285 cm³/mol. The molecule has 8 nitrogen and oxygen atoms in total. The predicted octanol–water partition coefficient (Wildman–Crippen LogP) is 15.9. The molecule has 0 spiro atoms. The third kappa shape index (κ3) is 22.3. The normalized spacial score (nSPS) is 13.6. The molecule has 0 bridgehead atoms. The van der Waals surface area contributed by atoms with Crippen molar-refractivity contribution in [1.29, 1.82) is 0 Å². The average Bonchev–Trinajstić information content (AvgIpc) is 4.05. The Morgan fingerprint density at radius 2 is 0.773 bits per heavy atom. The Hall–Kier alpha value is -3.12. The second-order valence-corrected chi connectivity index (χ2v) is 18.7. The molecule has 2 aliphatic heterocycles. The summed E-state index contributed by atoms with van der Waals surface area (Å²) in [6, 6.07) is 29.3. The van der Waals surface area contributed by atoms with E-state index in [9.17, 15) is 0 Å². The van der Waals surface area contributed by atoms with Gasteiger partial charge in [-0.25, -0.2) is 0 Å². The van der Waals surface area contributed by atoms with Gasteiger partial charge < -0.3 is 28.4 Å². The van der Waals surface area contributed by atoms with Gasteiger partial charge in [-0.1, -0.05) is 155 Å². The van der Waals surface area contributed by atoms with Gasteiger partial charge in [-0.15, -0.1) is 0 Å². The molecular formula is C56H84Br2N2O6. The van der Waals surface area contributed by atoms with Crippen molar-refractivity contribution in [3.05, 3.63) is 93.9 Å². The molecule has 2 fully saturated rings. The summed E-state index contributed by atoms with van der Waals surface area (Å²) in [5.41, 5.74) is 4.66. The van der Waals surface area contributed by atoms with Crippen molar-refractivity contribution in [2.75, 3.05) is 79.3 Å². The number of hydrogen-bond donors (Lipinski definition) is 0. The number of ether oxygens (including phenoxy) is 6. The van der Waals surface area contributed by atoms with Gasteiger partial charge in [0.15, 0.2) is 0 Å². The van der Waals surface area contributed by atoms with Crippen molar-refractivity contribution in [2.24, 2.45) is 0 Å². The van der Waals surface area contributed by atoms with E-state index < -0.39 is 0 Å². The molecule has 2 heterocycles. The maximum atomic E-state index is 6.01. The molecule has 0 atom stereocenters. The molecule has 4 aromatic carbocycles. The SMILES string of the molecule is C.C.CCCCCCCCCCOc1ccc(-c2ccc(OCCN3CCOC3)c(Br)c2)cc1Br.CCCCCCCCCCOc1ccc(-c2ccc(OCCN3CCOC3)cc2)cc1. The van der Waals surface area contributed by atoms with Gasteiger partial charge in [0.1, 0.15) is 36.2 Å². The van der Waals surface area contributed by atoms with Crippen molar-refractivity contribution < 1.29 is 28.4 Å². The Balaban J connectivity index is 0.000000341. The molecule has 0 aromatic heterocycles. The Labute approximate surface area is 417 Å². The van der Waals surface area contributed by atoms with Gasteiger partial charge in [0.25, 0.3) is 0 Å². The summed E-state index contributed by atoms with van der Waals surface area (Å²) in [7, 11) is 0. The molecular weight excluding hydrogens is 956 g/mol. The lowest BCUT2D eigenvalue weighted by molar-refractivity contribution is 0.129. The average molecular weight is 1040 g/mol. The second kappa shape index (κ2) is 35.1. The van der Waals surface area contributed by atoms with E-state index >= 15 is 0 Å². The van der Waals surface area contributed by atoms with Crippen molar-refractivity contribution in [1.82, 2.24) is 9.80 Å². The summed E-state index contributed by atoms with van der Waals surface area (Å²) in [4.78, 5) is 4.50. The number of halogens is 2. The van der Waals surface area contributed by atoms with Gasteiger partial charge >= 0.3 is 0 Å². The van der Waals surface area contributed by atoms with Crippen LogP contribution < -0.4 is 18.9 Å². The van der Waals surface area contributed by atoms with Crippen LogP contribution in [0, 0.1) is 0 Å². The van der Waals surface area contributed by atoms with Gasteiger partial charge in [-0.3, -0.25) is 9.80 Å². The molecule has 2 aliphatic rings. The van der Waals surface area contributed by atoms with Crippen LogP contribution >= 0.6 is 31.9 Å². The van der Waals surface area contributed by atoms with Crippen LogP contribution in [0.1, 0.15) is 131 Å². The van der Waals surface area contributed by atoms with E-state index in [-0.39, 0.29) is 14.9 Å². The lowest BCUT2D eigenvalue weighted by Gasteiger charge is -2.15. The first-order chi connectivity index (χ1) is 31.5. The van der Waals surface area contributed by atoms with Gasteiger partial charge in [0, 0.05) is 26.2 Å². The van der Waals surface area contributed by atoms with E-state index in [1.807, 2.05) is 18.2 Å². The minimum Gasteiger partial charge on any atom is -0.494 e. The van der Waals surface area contributed by atoms with Gasteiger partial charge in [0.2, 0.25) is 0 Å². The van der Waals surface area contributed by atoms with Crippen molar-refractivity contribution >= 4 is 31.9 Å². The number of rotatable bonds is 30. The number of benzene rings is 4. The summed E-state index contributed by atoms with van der Waals surface area (Å²) < 4.78 is 36.4. The Morgan fingerprint density at radius 3 is 1.17 bits per heavy atom. The fourth-order valence-electron chi connectivity index (χ4n) is 7.76. The van der Waals surface area contributed by atoms with Crippen LogP contribution in [-0.2, 0) is 9.47 Å². The van der Waals surface area contributed by atoms with E-state index in [0.717, 1.165) is 115 Å². The fourth-order valence-corrected chi connectivity index (χ4v) is 8.75. The molecule has 0 aliphatic carbocycles. The summed E-state index contributed by atoms with van der Waals surface area (Å²) in [6.45, 7) is 14.3. The van der Waals surface area contributed by atoms with E-state index in [1.54, 1.807) is 0 Å². The molecule has 0 N–H and O–H groups in total. The Bertz CT molecular complexity index is 1820. The molecule has 0 radical (unpaired) electrons. The van der Waals surface area contributed by atoms with Crippen LogP contribution in [0.4, 0.5) is 0 Å². The standard InChI is InChI=1S/C27H37Br2NO3.C27H39NO3.2CH4/c1-2-3-4-5-6-7-8-9-16-32-26-12-10-22(19-24(26)28)23-11-13-27(25(29)20-23)33-18-15-30-14-17-31-21-30;1-2-3-4-5-6-7-8-9-20-30-26-14-10-24(11-15-26)25-12-16-27(17-13-25)31-22-19-28-18-21-29-23-28;;/h10-13,19-20H,2-9,14-18,21H2,1H3;10-17H,2-9,18-23H2,1H3;2*1H4. The fraction of sp³-hybridized carbons (Fsp3) is 0.571. The maximum Gasteiger partial charge on any atom is 0.133 e. The largest absolute Gasteiger partial charge is 0.494 e. The number of hydrogen-bond acceptors (Lipinski definition) is 8. The number of nitrogens with zero attached hydrogens (tertiary/aromatic N) is 2. The first kappa shape index (κ1) is 57.2. The van der Waals surface area contributed by atoms with Crippen LogP contribution in [0.2, 0.25) is 0 Å². The highest BCUT2D eigenvalue weighted by Gasteiger charge is 2.13. The summed E-state index contributed by atoms with van der Waals surface area (Å²) in [5, 5.41) is 0. The monoisotopic (exact) mass is 1040 g/mol. The van der Waals surface area contributed by atoms with Gasteiger partial charge in [-0.05, 0) is 115 Å². The van der Waals surface area contributed by atoms with Crippen LogP contribution in [0.3, 0.4) is 0 Å². The molecule has 10 heteroatoms. The second-order valence-electron chi connectivity index (χ2n) is 17.0. The van der Waals surface area contributed by atoms with E-state index in [0.29, 0.717) is 19.9 Å². The molecule has 4 aromatic rings. The summed E-state index contributed by atoms with van der Waals surface area (Å²) in [6.07, 6.45) is 21.1. The van der Waals surface area contributed by atoms with Crippen molar-refractivity contribution in [3.8, 4) is 45.3 Å². The third-order valence-corrected chi connectivity index (χ3v) is 13.0. The zero-order chi connectivity index (χ0) is 44.9. The van der Waals surface area contributed by atoms with Crippen LogP contribution in [0.15, 0.2) is 93.9 Å². The molecule has 6 rings (SSSR count). The highest BCUT2D eigenvalue weighted by Crippen LogP contribution is 2.35. The molecule has 0 saturated carbocycles. The Morgan fingerprint density at radius 1 is 0.424 bits per heavy atom. The molecule has 0 amide bonds. The van der Waals surface area contributed by atoms with Gasteiger partial charge in [0.05, 0.1) is 48.8 Å². The Kier molecular flexibility index (Phi) is 30.4. The van der Waals surface area contributed by atoms with Crippen molar-refractivity contribution in [2.45, 2.75) is 131 Å². The van der Waals surface area contributed by atoms with Crippen LogP contribution in [-0.4, -0.2) is 89.1 Å². The first-order valence-corrected chi connectivity index (χ1v) is 26.0. The molecule has 2 saturated heterocycles. The highest BCUT2D eigenvalue weighted by molar-refractivity contribution is 9.11. The van der Waals surface area contributed by atoms with Crippen LogP contribution in [0.25, 0.3) is 22.3 Å². The lowest BCUT2D eigenvalue weighted by Crippen LogP contribution is -2.25.